The van der Waals surface area contributed by atoms with Crippen molar-refractivity contribution in [1.29, 1.82) is 0 Å². The van der Waals surface area contributed by atoms with Crippen LogP contribution in [0.15, 0.2) is 84.9 Å². The smallest absolute Gasteiger partial charge is 0.244 e. The molecule has 0 spiro atoms. The van der Waals surface area contributed by atoms with E-state index >= 15 is 0 Å². The maximum atomic E-state index is 13.9. The first kappa shape index (κ1) is 28.8. The third-order valence-corrected chi connectivity index (χ3v) is 7.09. The van der Waals surface area contributed by atoms with Gasteiger partial charge in [-0.05, 0) is 41.3 Å². The molecule has 0 aromatic heterocycles. The summed E-state index contributed by atoms with van der Waals surface area (Å²) < 4.78 is 39.8. The Hall–Kier alpha value is -3.72. The lowest BCUT2D eigenvalue weighted by Crippen LogP contribution is -2.53. The molecule has 3 rings (SSSR count). The Labute approximate surface area is 224 Å². The molecule has 0 aliphatic heterocycles. The lowest BCUT2D eigenvalue weighted by molar-refractivity contribution is -0.140. The van der Waals surface area contributed by atoms with E-state index < -0.39 is 34.3 Å². The van der Waals surface area contributed by atoms with E-state index in [0.717, 1.165) is 33.8 Å². The molecule has 9 heteroatoms. The average Bonchev–Trinajstić information content (AvgIpc) is 2.89. The summed E-state index contributed by atoms with van der Waals surface area (Å²) in [6, 6.07) is 22.6. The van der Waals surface area contributed by atoms with Gasteiger partial charge in [0, 0.05) is 19.5 Å². The van der Waals surface area contributed by atoms with Gasteiger partial charge in [-0.25, -0.2) is 12.8 Å². The summed E-state index contributed by atoms with van der Waals surface area (Å²) in [6.07, 6.45) is 1.24. The number of anilines is 1. The molecule has 3 aromatic rings. The van der Waals surface area contributed by atoms with E-state index in [1.807, 2.05) is 74.5 Å². The number of nitrogens with zero attached hydrogens (tertiary/aromatic N) is 2. The third-order valence-electron chi connectivity index (χ3n) is 5.95. The van der Waals surface area contributed by atoms with Gasteiger partial charge in [-0.3, -0.25) is 13.9 Å². The van der Waals surface area contributed by atoms with Crippen LogP contribution < -0.4 is 9.62 Å². The van der Waals surface area contributed by atoms with E-state index in [0.29, 0.717) is 6.54 Å². The highest BCUT2D eigenvalue weighted by Gasteiger charge is 2.33. The number of rotatable bonds is 12. The predicted molar refractivity (Wildman–Crippen MR) is 147 cm³/mol. The van der Waals surface area contributed by atoms with Crippen molar-refractivity contribution in [3.8, 4) is 0 Å². The average molecular weight is 540 g/mol. The number of benzene rings is 3. The molecule has 0 heterocycles. The minimum Gasteiger partial charge on any atom is -0.354 e. The minimum absolute atomic E-state index is 0.104. The first-order valence-electron chi connectivity index (χ1n) is 12.4. The van der Waals surface area contributed by atoms with Gasteiger partial charge in [0.2, 0.25) is 21.8 Å². The van der Waals surface area contributed by atoms with E-state index in [1.165, 1.54) is 17.0 Å². The Balaban J connectivity index is 2.01. The van der Waals surface area contributed by atoms with Gasteiger partial charge >= 0.3 is 0 Å². The summed E-state index contributed by atoms with van der Waals surface area (Å²) in [4.78, 5) is 28.8. The van der Waals surface area contributed by atoms with Crippen molar-refractivity contribution in [2.24, 2.45) is 5.92 Å². The van der Waals surface area contributed by atoms with E-state index in [-0.39, 0.29) is 30.5 Å². The molecular weight excluding hydrogens is 505 g/mol. The molecule has 0 aliphatic rings. The van der Waals surface area contributed by atoms with E-state index in [9.17, 15) is 22.4 Å². The van der Waals surface area contributed by atoms with Crippen LogP contribution in [0.4, 0.5) is 10.1 Å². The van der Waals surface area contributed by atoms with Crippen LogP contribution >= 0.6 is 0 Å². The Bertz CT molecular complexity index is 1300. The highest BCUT2D eigenvalue weighted by atomic mass is 32.2. The molecule has 0 radical (unpaired) electrons. The van der Waals surface area contributed by atoms with Crippen LogP contribution in [0, 0.1) is 11.7 Å². The van der Waals surface area contributed by atoms with E-state index in [1.54, 1.807) is 0 Å². The van der Waals surface area contributed by atoms with Crippen molar-refractivity contribution < 1.29 is 22.4 Å². The zero-order valence-electron chi connectivity index (χ0n) is 21.9. The zero-order chi connectivity index (χ0) is 27.7. The SMILES string of the molecule is CC(C)CNC(=O)[C@H](Cc1ccccc1)N(Cc1ccccc1)C(=O)CN(c1ccc(F)cc1)S(C)(=O)=O. The lowest BCUT2D eigenvalue weighted by atomic mass is 10.0. The quantitative estimate of drug-likeness (QED) is 0.377. The van der Waals surface area contributed by atoms with Crippen LogP contribution in [0.25, 0.3) is 0 Å². The second-order valence-corrected chi connectivity index (χ2v) is 11.5. The fourth-order valence-corrected chi connectivity index (χ4v) is 4.83. The molecule has 7 nitrogen and oxygen atoms in total. The summed E-state index contributed by atoms with van der Waals surface area (Å²) in [6.45, 7) is 3.95. The summed E-state index contributed by atoms with van der Waals surface area (Å²) in [5, 5.41) is 2.94. The number of hydrogen-bond acceptors (Lipinski definition) is 4. The van der Waals surface area contributed by atoms with Gasteiger partial charge in [-0.15, -0.1) is 0 Å². The predicted octanol–water partition coefficient (Wildman–Crippen LogP) is 4.00. The molecule has 1 atom stereocenters. The second kappa shape index (κ2) is 13.2. The minimum atomic E-state index is -3.90. The normalized spacial score (nSPS) is 12.1. The highest BCUT2D eigenvalue weighted by molar-refractivity contribution is 7.92. The fourth-order valence-electron chi connectivity index (χ4n) is 3.98. The molecule has 38 heavy (non-hydrogen) atoms. The van der Waals surface area contributed by atoms with Crippen molar-refractivity contribution in [1.82, 2.24) is 10.2 Å². The molecule has 0 aliphatic carbocycles. The monoisotopic (exact) mass is 539 g/mol. The molecule has 0 saturated carbocycles. The second-order valence-electron chi connectivity index (χ2n) is 9.60. The van der Waals surface area contributed by atoms with Crippen LogP contribution in [0.5, 0.6) is 0 Å². The number of carbonyl (C=O) groups excluding carboxylic acids is 2. The molecule has 0 bridgehead atoms. The van der Waals surface area contributed by atoms with Gasteiger partial charge in [0.25, 0.3) is 0 Å². The first-order valence-corrected chi connectivity index (χ1v) is 14.3. The number of amides is 2. The van der Waals surface area contributed by atoms with Gasteiger partial charge in [0.15, 0.2) is 0 Å². The van der Waals surface area contributed by atoms with Gasteiger partial charge in [-0.1, -0.05) is 74.5 Å². The van der Waals surface area contributed by atoms with Gasteiger partial charge in [0.1, 0.15) is 18.4 Å². The van der Waals surface area contributed by atoms with Crippen molar-refractivity contribution >= 4 is 27.5 Å². The summed E-state index contributed by atoms with van der Waals surface area (Å²) in [7, 11) is -3.90. The standard InChI is InChI=1S/C29H34FN3O4S/c1-22(2)19-31-29(35)27(18-23-10-6-4-7-11-23)32(20-24-12-8-5-9-13-24)28(34)21-33(38(3,36)37)26-16-14-25(30)15-17-26/h4-17,22,27H,18-21H2,1-3H3,(H,31,35)/t27-/m0/s1. The van der Waals surface area contributed by atoms with Crippen LogP contribution in [0.1, 0.15) is 25.0 Å². The largest absolute Gasteiger partial charge is 0.354 e. The Morgan fingerprint density at radius 3 is 1.95 bits per heavy atom. The molecule has 0 fully saturated rings. The zero-order valence-corrected chi connectivity index (χ0v) is 22.7. The fraction of sp³-hybridized carbons (Fsp3) is 0.310. The van der Waals surface area contributed by atoms with Crippen molar-refractivity contribution in [3.63, 3.8) is 0 Å². The maximum absolute atomic E-state index is 13.9. The van der Waals surface area contributed by atoms with Crippen molar-refractivity contribution in [3.05, 3.63) is 102 Å². The van der Waals surface area contributed by atoms with Crippen LogP contribution in [0.3, 0.4) is 0 Å². The number of nitrogens with one attached hydrogen (secondary N) is 1. The molecule has 2 amide bonds. The van der Waals surface area contributed by atoms with Crippen LogP contribution in [0.2, 0.25) is 0 Å². The Kier molecular flexibility index (Phi) is 10.0. The summed E-state index contributed by atoms with van der Waals surface area (Å²) in [5.41, 5.74) is 1.82. The third kappa shape index (κ3) is 8.41. The van der Waals surface area contributed by atoms with Crippen LogP contribution in [-0.2, 0) is 32.6 Å². The molecule has 0 unspecified atom stereocenters. The summed E-state index contributed by atoms with van der Waals surface area (Å²) in [5.74, 6) is -1.19. The van der Waals surface area contributed by atoms with Gasteiger partial charge < -0.3 is 10.2 Å². The Morgan fingerprint density at radius 1 is 0.868 bits per heavy atom. The Morgan fingerprint density at radius 2 is 1.42 bits per heavy atom. The highest BCUT2D eigenvalue weighted by Crippen LogP contribution is 2.20. The molecular formula is C29H34FN3O4S. The molecule has 3 aromatic carbocycles. The summed E-state index contributed by atoms with van der Waals surface area (Å²) >= 11 is 0. The number of halogens is 1. The first-order chi connectivity index (χ1) is 18.0. The van der Waals surface area contributed by atoms with Gasteiger partial charge in [-0.2, -0.15) is 0 Å². The molecule has 202 valence electrons. The maximum Gasteiger partial charge on any atom is 0.244 e. The molecule has 0 saturated heterocycles. The number of sulfonamides is 1. The lowest BCUT2D eigenvalue weighted by Gasteiger charge is -2.33. The van der Waals surface area contributed by atoms with E-state index in [4.69, 9.17) is 0 Å². The molecule has 1 N–H and O–H groups in total. The number of hydrogen-bond donors (Lipinski definition) is 1. The van der Waals surface area contributed by atoms with Crippen molar-refractivity contribution in [2.45, 2.75) is 32.9 Å². The topological polar surface area (TPSA) is 86.8 Å². The van der Waals surface area contributed by atoms with Gasteiger partial charge in [0.05, 0.1) is 11.9 Å². The van der Waals surface area contributed by atoms with Crippen molar-refractivity contribution in [2.75, 3.05) is 23.7 Å². The number of carbonyl (C=O) groups is 2. The van der Waals surface area contributed by atoms with E-state index in [2.05, 4.69) is 5.32 Å². The van der Waals surface area contributed by atoms with Crippen LogP contribution in [-0.4, -0.2) is 50.5 Å².